The van der Waals surface area contributed by atoms with E-state index in [4.69, 9.17) is 23.2 Å². The minimum Gasteiger partial charge on any atom is -0.306 e. The monoisotopic (exact) mass is 297 g/mol. The second-order valence-corrected chi connectivity index (χ2v) is 6.30. The third-order valence-corrected chi connectivity index (χ3v) is 3.22. The van der Waals surface area contributed by atoms with E-state index in [-0.39, 0.29) is 5.54 Å². The molecule has 19 heavy (non-hydrogen) atoms. The number of aromatic nitrogens is 2. The topological polar surface area (TPSA) is 29.9 Å². The molecule has 0 spiro atoms. The summed E-state index contributed by atoms with van der Waals surface area (Å²) >= 11 is 12.1. The van der Waals surface area contributed by atoms with E-state index < -0.39 is 0 Å². The van der Waals surface area contributed by atoms with Crippen LogP contribution in [-0.4, -0.2) is 15.1 Å². The molecule has 2 rings (SSSR count). The van der Waals surface area contributed by atoms with Gasteiger partial charge in [0.05, 0.1) is 22.7 Å². The molecule has 0 amide bonds. The Balaban J connectivity index is 2.28. The molecule has 5 heteroatoms. The van der Waals surface area contributed by atoms with Gasteiger partial charge in [0.25, 0.3) is 0 Å². The van der Waals surface area contributed by atoms with Gasteiger partial charge in [0.15, 0.2) is 0 Å². The molecule has 2 aromatic rings. The second-order valence-electron chi connectivity index (χ2n) is 5.45. The molecule has 0 atom stereocenters. The Bertz CT molecular complexity index is 570. The van der Waals surface area contributed by atoms with E-state index in [1.165, 1.54) is 0 Å². The molecule has 0 unspecified atom stereocenters. The minimum atomic E-state index is 0.0545. The fraction of sp³-hybridized carbons (Fsp3) is 0.357. The highest BCUT2D eigenvalue weighted by Crippen LogP contribution is 2.25. The third kappa shape index (κ3) is 3.72. The quantitative estimate of drug-likeness (QED) is 0.925. The Morgan fingerprint density at radius 2 is 2.00 bits per heavy atom. The number of imidazole rings is 1. The Kier molecular flexibility index (Phi) is 4.19. The Labute approximate surface area is 123 Å². The van der Waals surface area contributed by atoms with Gasteiger partial charge in [-0.2, -0.15) is 0 Å². The summed E-state index contributed by atoms with van der Waals surface area (Å²) in [6.45, 7) is 7.11. The van der Waals surface area contributed by atoms with Crippen LogP contribution in [0.4, 0.5) is 0 Å². The van der Waals surface area contributed by atoms with E-state index in [1.54, 1.807) is 12.4 Å². The van der Waals surface area contributed by atoms with Crippen molar-refractivity contribution in [3.63, 3.8) is 0 Å². The molecule has 0 bridgehead atoms. The van der Waals surface area contributed by atoms with E-state index >= 15 is 0 Å². The molecular formula is C14H17Cl2N3. The molecule has 0 radical (unpaired) electrons. The molecule has 0 aliphatic heterocycles. The predicted molar refractivity (Wildman–Crippen MR) is 80.2 cm³/mol. The van der Waals surface area contributed by atoms with Crippen molar-refractivity contribution in [2.75, 3.05) is 0 Å². The number of nitrogens with zero attached hydrogens (tertiary/aromatic N) is 2. The van der Waals surface area contributed by atoms with Gasteiger partial charge >= 0.3 is 0 Å². The lowest BCUT2D eigenvalue weighted by Gasteiger charge is -2.21. The summed E-state index contributed by atoms with van der Waals surface area (Å²) in [6, 6.07) is 5.45. The lowest BCUT2D eigenvalue weighted by molar-refractivity contribution is 0.419. The molecule has 1 aromatic carbocycles. The molecule has 0 aliphatic carbocycles. The SMILES string of the molecule is CC(C)(C)NCc1cncn1-c1ccc(Cl)cc1Cl. The van der Waals surface area contributed by atoms with Crippen molar-refractivity contribution in [3.05, 3.63) is 46.5 Å². The smallest absolute Gasteiger partial charge is 0.0995 e. The van der Waals surface area contributed by atoms with Crippen LogP contribution >= 0.6 is 23.2 Å². The Hall–Kier alpha value is -1.03. The second kappa shape index (κ2) is 5.53. The van der Waals surface area contributed by atoms with Gasteiger partial charge in [-0.25, -0.2) is 4.98 Å². The van der Waals surface area contributed by atoms with Gasteiger partial charge in [0.1, 0.15) is 0 Å². The molecule has 0 saturated heterocycles. The Morgan fingerprint density at radius 1 is 1.26 bits per heavy atom. The van der Waals surface area contributed by atoms with E-state index in [0.29, 0.717) is 10.0 Å². The summed E-state index contributed by atoms with van der Waals surface area (Å²) < 4.78 is 1.97. The summed E-state index contributed by atoms with van der Waals surface area (Å²) in [5, 5.41) is 4.68. The van der Waals surface area contributed by atoms with Gasteiger partial charge in [-0.15, -0.1) is 0 Å². The number of benzene rings is 1. The number of halogens is 2. The molecule has 1 aromatic heterocycles. The summed E-state index contributed by atoms with van der Waals surface area (Å²) in [5.74, 6) is 0. The maximum absolute atomic E-state index is 6.23. The standard InChI is InChI=1S/C14H17Cl2N3/c1-14(2,3)18-8-11-7-17-9-19(11)13-5-4-10(15)6-12(13)16/h4-7,9,18H,8H2,1-3H3. The summed E-state index contributed by atoms with van der Waals surface area (Å²) in [5.41, 5.74) is 1.99. The predicted octanol–water partition coefficient (Wildman–Crippen LogP) is 4.07. The number of hydrogen-bond acceptors (Lipinski definition) is 2. The average molecular weight is 298 g/mol. The zero-order valence-electron chi connectivity index (χ0n) is 11.2. The van der Waals surface area contributed by atoms with Crippen molar-refractivity contribution in [1.82, 2.24) is 14.9 Å². The first-order chi connectivity index (χ1) is 8.87. The van der Waals surface area contributed by atoms with E-state index in [2.05, 4.69) is 31.1 Å². The maximum Gasteiger partial charge on any atom is 0.0995 e. The van der Waals surface area contributed by atoms with Crippen molar-refractivity contribution < 1.29 is 0 Å². The van der Waals surface area contributed by atoms with E-state index in [0.717, 1.165) is 17.9 Å². The summed E-state index contributed by atoms with van der Waals surface area (Å²) in [7, 11) is 0. The van der Waals surface area contributed by atoms with Gasteiger partial charge in [-0.3, -0.25) is 0 Å². The van der Waals surface area contributed by atoms with Crippen molar-refractivity contribution in [3.8, 4) is 5.69 Å². The molecule has 1 heterocycles. The highest BCUT2D eigenvalue weighted by molar-refractivity contribution is 6.35. The number of nitrogens with one attached hydrogen (secondary N) is 1. The van der Waals surface area contributed by atoms with Crippen molar-refractivity contribution >= 4 is 23.2 Å². The first-order valence-electron chi connectivity index (χ1n) is 6.08. The van der Waals surface area contributed by atoms with Crippen LogP contribution in [0, 0.1) is 0 Å². The average Bonchev–Trinajstić information content (AvgIpc) is 2.73. The zero-order valence-corrected chi connectivity index (χ0v) is 12.8. The van der Waals surface area contributed by atoms with Gasteiger partial charge in [-0.1, -0.05) is 23.2 Å². The van der Waals surface area contributed by atoms with E-state index in [9.17, 15) is 0 Å². The van der Waals surface area contributed by atoms with Crippen LogP contribution in [-0.2, 0) is 6.54 Å². The largest absolute Gasteiger partial charge is 0.306 e. The van der Waals surface area contributed by atoms with Crippen molar-refractivity contribution in [2.45, 2.75) is 32.9 Å². The highest BCUT2D eigenvalue weighted by atomic mass is 35.5. The molecule has 1 N–H and O–H groups in total. The van der Waals surface area contributed by atoms with Gasteiger partial charge in [0.2, 0.25) is 0 Å². The molecule has 3 nitrogen and oxygen atoms in total. The van der Waals surface area contributed by atoms with E-state index in [1.807, 2.05) is 22.9 Å². The zero-order chi connectivity index (χ0) is 14.0. The van der Waals surface area contributed by atoms with Crippen molar-refractivity contribution in [1.29, 1.82) is 0 Å². The molecule has 0 fully saturated rings. The lowest BCUT2D eigenvalue weighted by atomic mass is 10.1. The molecular weight excluding hydrogens is 281 g/mol. The van der Waals surface area contributed by atoms with Gasteiger partial charge in [0, 0.05) is 23.3 Å². The molecule has 0 aliphatic rings. The Morgan fingerprint density at radius 3 is 2.63 bits per heavy atom. The van der Waals surface area contributed by atoms with Crippen molar-refractivity contribution in [2.24, 2.45) is 0 Å². The van der Waals surface area contributed by atoms with Crippen LogP contribution < -0.4 is 5.32 Å². The fourth-order valence-electron chi connectivity index (χ4n) is 1.70. The first kappa shape index (κ1) is 14.4. The highest BCUT2D eigenvalue weighted by Gasteiger charge is 2.12. The van der Waals surface area contributed by atoms with Crippen LogP contribution in [0.1, 0.15) is 26.5 Å². The first-order valence-corrected chi connectivity index (χ1v) is 6.84. The number of hydrogen-bond donors (Lipinski definition) is 1. The van der Waals surface area contributed by atoms with Crippen LogP contribution in [0.2, 0.25) is 10.0 Å². The molecule has 0 saturated carbocycles. The van der Waals surface area contributed by atoms with Crippen LogP contribution in [0.5, 0.6) is 0 Å². The fourth-order valence-corrected chi connectivity index (χ4v) is 2.20. The maximum atomic E-state index is 6.23. The summed E-state index contributed by atoms with van der Waals surface area (Å²) in [4.78, 5) is 4.19. The van der Waals surface area contributed by atoms with Gasteiger partial charge < -0.3 is 9.88 Å². The number of rotatable bonds is 3. The van der Waals surface area contributed by atoms with Crippen LogP contribution in [0.15, 0.2) is 30.7 Å². The van der Waals surface area contributed by atoms with Crippen LogP contribution in [0.25, 0.3) is 5.69 Å². The summed E-state index contributed by atoms with van der Waals surface area (Å²) in [6.07, 6.45) is 3.60. The third-order valence-electron chi connectivity index (χ3n) is 2.68. The minimum absolute atomic E-state index is 0.0545. The normalized spacial score (nSPS) is 11.8. The molecule has 102 valence electrons. The van der Waals surface area contributed by atoms with Crippen LogP contribution in [0.3, 0.4) is 0 Å². The van der Waals surface area contributed by atoms with Gasteiger partial charge in [-0.05, 0) is 39.0 Å². The lowest BCUT2D eigenvalue weighted by Crippen LogP contribution is -2.35.